The Balaban J connectivity index is 2.34. The van der Waals surface area contributed by atoms with Gasteiger partial charge in [-0.3, -0.25) is 0 Å². The van der Waals surface area contributed by atoms with Crippen LogP contribution in [-0.4, -0.2) is 15.4 Å². The summed E-state index contributed by atoms with van der Waals surface area (Å²) in [5.74, 6) is 0.0452. The third-order valence-corrected chi connectivity index (χ3v) is 1.85. The van der Waals surface area contributed by atoms with E-state index >= 15 is 0 Å². The fourth-order valence-electron chi connectivity index (χ4n) is 1.16. The van der Waals surface area contributed by atoms with Crippen molar-refractivity contribution in [2.75, 3.05) is 0 Å². The van der Waals surface area contributed by atoms with Crippen LogP contribution in [0.15, 0.2) is 40.9 Å². The fraction of sp³-hybridized carbons (Fsp3) is 0.100. The Morgan fingerprint density at radius 2 is 1.86 bits per heavy atom. The average molecular weight is 191 g/mol. The molecule has 0 amide bonds. The van der Waals surface area contributed by atoms with Crippen LogP contribution in [0, 0.1) is 0 Å². The number of benzene rings is 1. The molecule has 0 bridgehead atoms. The summed E-state index contributed by atoms with van der Waals surface area (Å²) in [5, 5.41) is 21.3. The lowest BCUT2D eigenvalue weighted by molar-refractivity contribution is -0.0612. The molecule has 4 nitrogen and oxygen atoms in total. The molecular weight excluding hydrogens is 182 g/mol. The van der Waals surface area contributed by atoms with Gasteiger partial charge in [-0.05, 0) is 0 Å². The Labute approximate surface area is 80.4 Å². The first kappa shape index (κ1) is 8.93. The van der Waals surface area contributed by atoms with Gasteiger partial charge < -0.3 is 14.7 Å². The molecule has 0 radical (unpaired) electrons. The van der Waals surface area contributed by atoms with Gasteiger partial charge in [0.05, 0.1) is 0 Å². The normalized spacial score (nSPS) is 10.8. The van der Waals surface area contributed by atoms with Crippen LogP contribution in [0.25, 0.3) is 11.3 Å². The van der Waals surface area contributed by atoms with Crippen molar-refractivity contribution < 1.29 is 14.7 Å². The number of rotatable bonds is 2. The monoisotopic (exact) mass is 191 g/mol. The summed E-state index contributed by atoms with van der Waals surface area (Å²) in [4.78, 5) is 0. The number of hydrogen-bond acceptors (Lipinski definition) is 4. The van der Waals surface area contributed by atoms with Crippen LogP contribution < -0.4 is 0 Å². The van der Waals surface area contributed by atoms with Gasteiger partial charge in [0.2, 0.25) is 6.29 Å². The van der Waals surface area contributed by atoms with Crippen LogP contribution in [0.3, 0.4) is 0 Å². The second-order valence-electron chi connectivity index (χ2n) is 2.85. The van der Waals surface area contributed by atoms with Crippen molar-refractivity contribution >= 4 is 0 Å². The standard InChI is InChI=1S/C10H9NO3/c12-10(13)9-6-8(11-14-9)7-4-2-1-3-5-7/h1-6,10,12-13H. The molecule has 2 aromatic rings. The summed E-state index contributed by atoms with van der Waals surface area (Å²) in [6.45, 7) is 0. The van der Waals surface area contributed by atoms with Crippen LogP contribution in [0.2, 0.25) is 0 Å². The minimum Gasteiger partial charge on any atom is -0.362 e. The maximum absolute atomic E-state index is 8.81. The molecular formula is C10H9NO3. The molecule has 1 aromatic heterocycles. The molecule has 0 fully saturated rings. The van der Waals surface area contributed by atoms with E-state index in [9.17, 15) is 0 Å². The Kier molecular flexibility index (Phi) is 2.30. The molecule has 72 valence electrons. The van der Waals surface area contributed by atoms with Crippen molar-refractivity contribution in [3.8, 4) is 11.3 Å². The number of aliphatic hydroxyl groups excluding tert-OH is 1. The minimum atomic E-state index is -1.61. The van der Waals surface area contributed by atoms with Crippen molar-refractivity contribution in [2.24, 2.45) is 0 Å². The molecule has 2 rings (SSSR count). The lowest BCUT2D eigenvalue weighted by Crippen LogP contribution is -1.90. The van der Waals surface area contributed by atoms with Crippen molar-refractivity contribution in [1.82, 2.24) is 5.16 Å². The molecule has 14 heavy (non-hydrogen) atoms. The molecule has 0 aliphatic carbocycles. The van der Waals surface area contributed by atoms with Crippen molar-refractivity contribution in [2.45, 2.75) is 6.29 Å². The SMILES string of the molecule is OC(O)c1cc(-c2ccccc2)no1. The van der Waals surface area contributed by atoms with Gasteiger partial charge in [0.15, 0.2) is 5.76 Å². The zero-order chi connectivity index (χ0) is 9.97. The van der Waals surface area contributed by atoms with E-state index in [1.165, 1.54) is 6.07 Å². The highest BCUT2D eigenvalue weighted by Gasteiger charge is 2.11. The van der Waals surface area contributed by atoms with Crippen LogP contribution in [0.5, 0.6) is 0 Å². The van der Waals surface area contributed by atoms with Gasteiger partial charge in [0.25, 0.3) is 0 Å². The van der Waals surface area contributed by atoms with Crippen LogP contribution in [0.4, 0.5) is 0 Å². The van der Waals surface area contributed by atoms with Gasteiger partial charge >= 0.3 is 0 Å². The summed E-state index contributed by atoms with van der Waals surface area (Å²) < 4.78 is 4.73. The van der Waals surface area contributed by atoms with Crippen LogP contribution in [0.1, 0.15) is 12.1 Å². The average Bonchev–Trinajstić information content (AvgIpc) is 2.68. The largest absolute Gasteiger partial charge is 0.362 e. The van der Waals surface area contributed by atoms with Crippen molar-refractivity contribution in [3.05, 3.63) is 42.2 Å². The Bertz CT molecular complexity index is 408. The van der Waals surface area contributed by atoms with Crippen molar-refractivity contribution in [1.29, 1.82) is 0 Å². The second-order valence-corrected chi connectivity index (χ2v) is 2.85. The Morgan fingerprint density at radius 1 is 1.14 bits per heavy atom. The first-order valence-corrected chi connectivity index (χ1v) is 4.15. The van der Waals surface area contributed by atoms with E-state index < -0.39 is 6.29 Å². The van der Waals surface area contributed by atoms with E-state index in [4.69, 9.17) is 14.7 Å². The van der Waals surface area contributed by atoms with E-state index in [1.807, 2.05) is 30.3 Å². The minimum absolute atomic E-state index is 0.0452. The van der Waals surface area contributed by atoms with Gasteiger partial charge in [-0.25, -0.2) is 0 Å². The van der Waals surface area contributed by atoms with E-state index in [-0.39, 0.29) is 5.76 Å². The zero-order valence-electron chi connectivity index (χ0n) is 7.29. The van der Waals surface area contributed by atoms with Gasteiger partial charge in [-0.1, -0.05) is 35.5 Å². The van der Waals surface area contributed by atoms with Gasteiger partial charge in [-0.15, -0.1) is 0 Å². The molecule has 0 spiro atoms. The van der Waals surface area contributed by atoms with Gasteiger partial charge in [0.1, 0.15) is 5.69 Å². The summed E-state index contributed by atoms with van der Waals surface area (Å²) in [5.41, 5.74) is 1.47. The molecule has 0 saturated heterocycles. The fourth-order valence-corrected chi connectivity index (χ4v) is 1.16. The molecule has 2 N–H and O–H groups in total. The third-order valence-electron chi connectivity index (χ3n) is 1.85. The molecule has 0 atom stereocenters. The van der Waals surface area contributed by atoms with Crippen molar-refractivity contribution in [3.63, 3.8) is 0 Å². The lowest BCUT2D eigenvalue weighted by Gasteiger charge is -1.93. The zero-order valence-corrected chi connectivity index (χ0v) is 7.29. The summed E-state index contributed by atoms with van der Waals surface area (Å²) in [7, 11) is 0. The number of nitrogens with zero attached hydrogens (tertiary/aromatic N) is 1. The molecule has 1 heterocycles. The maximum atomic E-state index is 8.81. The third kappa shape index (κ3) is 1.66. The summed E-state index contributed by atoms with van der Waals surface area (Å²) in [6.07, 6.45) is -1.61. The van der Waals surface area contributed by atoms with Gasteiger partial charge in [-0.2, -0.15) is 0 Å². The number of aromatic nitrogens is 1. The molecule has 0 aliphatic rings. The lowest BCUT2D eigenvalue weighted by atomic mass is 10.1. The summed E-state index contributed by atoms with van der Waals surface area (Å²) >= 11 is 0. The highest BCUT2D eigenvalue weighted by atomic mass is 16.5. The van der Waals surface area contributed by atoms with Crippen LogP contribution in [-0.2, 0) is 0 Å². The first-order valence-electron chi connectivity index (χ1n) is 4.15. The molecule has 0 unspecified atom stereocenters. The first-order chi connectivity index (χ1) is 6.77. The number of aliphatic hydroxyl groups is 2. The Hall–Kier alpha value is -1.65. The summed E-state index contributed by atoms with van der Waals surface area (Å²) in [6, 6.07) is 10.9. The smallest absolute Gasteiger partial charge is 0.215 e. The molecule has 4 heteroatoms. The predicted molar refractivity (Wildman–Crippen MR) is 49.1 cm³/mol. The molecule has 0 saturated carbocycles. The van der Waals surface area contributed by atoms with Crippen LogP contribution >= 0.6 is 0 Å². The number of hydrogen-bond donors (Lipinski definition) is 2. The van der Waals surface area contributed by atoms with E-state index in [2.05, 4.69) is 5.16 Å². The highest BCUT2D eigenvalue weighted by Crippen LogP contribution is 2.20. The predicted octanol–water partition coefficient (Wildman–Crippen LogP) is 1.32. The van der Waals surface area contributed by atoms with Gasteiger partial charge in [0, 0.05) is 11.6 Å². The quantitative estimate of drug-likeness (QED) is 0.702. The second kappa shape index (κ2) is 3.61. The maximum Gasteiger partial charge on any atom is 0.215 e. The highest BCUT2D eigenvalue weighted by molar-refractivity contribution is 5.58. The van der Waals surface area contributed by atoms with E-state index in [0.717, 1.165) is 5.56 Å². The van der Waals surface area contributed by atoms with E-state index in [0.29, 0.717) is 5.69 Å². The Morgan fingerprint density at radius 3 is 2.43 bits per heavy atom. The topological polar surface area (TPSA) is 66.5 Å². The molecule has 1 aromatic carbocycles. The van der Waals surface area contributed by atoms with E-state index in [1.54, 1.807) is 0 Å². The molecule has 0 aliphatic heterocycles.